The first-order chi connectivity index (χ1) is 8.51. The van der Waals surface area contributed by atoms with Crippen molar-refractivity contribution in [3.8, 4) is 0 Å². The maximum atomic E-state index is 11.1. The molecule has 0 saturated carbocycles. The zero-order chi connectivity index (χ0) is 13.7. The largest absolute Gasteiger partial charge is 0.363 e. The van der Waals surface area contributed by atoms with Gasteiger partial charge in [0.25, 0.3) is 0 Å². The summed E-state index contributed by atoms with van der Waals surface area (Å²) in [7, 11) is 3.73. The Bertz CT molecular complexity index is 416. The van der Waals surface area contributed by atoms with Crippen LogP contribution in [0.3, 0.4) is 0 Å². The number of likely N-dealkylation sites (N-methyl/N-ethyl adjacent to an activating group) is 1. The number of nitrogens with zero attached hydrogens (tertiary/aromatic N) is 4. The van der Waals surface area contributed by atoms with Crippen LogP contribution in [0.2, 0.25) is 0 Å². The summed E-state index contributed by atoms with van der Waals surface area (Å²) in [6.07, 6.45) is 0.556. The lowest BCUT2D eigenvalue weighted by atomic mass is 10.3. The predicted molar refractivity (Wildman–Crippen MR) is 70.9 cm³/mol. The van der Waals surface area contributed by atoms with Crippen LogP contribution in [0.1, 0.15) is 19.5 Å². The van der Waals surface area contributed by atoms with Crippen LogP contribution in [0.4, 0.5) is 11.5 Å². The third kappa shape index (κ3) is 3.19. The van der Waals surface area contributed by atoms with Crippen LogP contribution in [0, 0.1) is 10.1 Å². The van der Waals surface area contributed by atoms with Crippen molar-refractivity contribution in [2.45, 2.75) is 20.3 Å². The Morgan fingerprint density at radius 1 is 1.50 bits per heavy atom. The molecule has 0 amide bonds. The maximum absolute atomic E-state index is 11.1. The number of anilines is 1. The van der Waals surface area contributed by atoms with Crippen molar-refractivity contribution in [3.05, 3.63) is 15.8 Å². The van der Waals surface area contributed by atoms with Crippen LogP contribution in [-0.2, 0) is 13.5 Å². The second kappa shape index (κ2) is 6.34. The average Bonchev–Trinajstić information content (AvgIpc) is 2.66. The van der Waals surface area contributed by atoms with E-state index in [-0.39, 0.29) is 10.6 Å². The molecular weight excluding hydrogens is 234 g/mol. The van der Waals surface area contributed by atoms with Crippen LogP contribution in [-0.4, -0.2) is 46.3 Å². The molecule has 1 aromatic rings. The average molecular weight is 255 g/mol. The molecule has 0 saturated heterocycles. The second-order valence-corrected chi connectivity index (χ2v) is 4.20. The molecule has 1 aromatic heterocycles. The van der Waals surface area contributed by atoms with Crippen molar-refractivity contribution < 1.29 is 4.92 Å². The van der Waals surface area contributed by atoms with Crippen LogP contribution >= 0.6 is 0 Å². The minimum Gasteiger partial charge on any atom is -0.363 e. The number of aryl methyl sites for hydroxylation is 2. The molecule has 0 aliphatic heterocycles. The third-order valence-corrected chi connectivity index (χ3v) is 2.94. The van der Waals surface area contributed by atoms with Gasteiger partial charge in [-0.2, -0.15) is 5.10 Å². The first-order valence-electron chi connectivity index (χ1n) is 6.13. The molecule has 0 radical (unpaired) electrons. The smallest absolute Gasteiger partial charge is 0.333 e. The minimum absolute atomic E-state index is 0.0964. The molecule has 0 fully saturated rings. The number of aromatic nitrogens is 2. The lowest BCUT2D eigenvalue weighted by Crippen LogP contribution is -2.25. The maximum Gasteiger partial charge on any atom is 0.333 e. The molecule has 102 valence electrons. The van der Waals surface area contributed by atoms with Gasteiger partial charge in [-0.3, -0.25) is 10.1 Å². The molecule has 0 unspecified atom stereocenters. The van der Waals surface area contributed by atoms with Gasteiger partial charge in [-0.25, -0.2) is 4.68 Å². The summed E-state index contributed by atoms with van der Waals surface area (Å²) in [5.74, 6) is 0.487. The number of hydrogen-bond acceptors (Lipinski definition) is 5. The van der Waals surface area contributed by atoms with Crippen LogP contribution in [0.15, 0.2) is 0 Å². The highest BCUT2D eigenvalue weighted by molar-refractivity contribution is 5.59. The normalized spacial score (nSPS) is 10.9. The molecule has 0 bridgehead atoms. The van der Waals surface area contributed by atoms with Gasteiger partial charge in [0.2, 0.25) is 5.82 Å². The molecule has 7 nitrogen and oxygen atoms in total. The fourth-order valence-electron chi connectivity index (χ4n) is 1.72. The van der Waals surface area contributed by atoms with E-state index in [1.165, 1.54) is 0 Å². The highest BCUT2D eigenvalue weighted by Gasteiger charge is 2.25. The highest BCUT2D eigenvalue weighted by atomic mass is 16.6. The van der Waals surface area contributed by atoms with Crippen molar-refractivity contribution in [3.63, 3.8) is 0 Å². The van der Waals surface area contributed by atoms with Crippen molar-refractivity contribution in [1.29, 1.82) is 0 Å². The summed E-state index contributed by atoms with van der Waals surface area (Å²) < 4.78 is 1.54. The SMILES string of the molecule is CCc1nn(C)c(NCCN(C)CC)c1[N+](=O)[O-]. The quantitative estimate of drug-likeness (QED) is 0.586. The van der Waals surface area contributed by atoms with E-state index >= 15 is 0 Å². The van der Waals surface area contributed by atoms with Crippen LogP contribution in [0.25, 0.3) is 0 Å². The highest BCUT2D eigenvalue weighted by Crippen LogP contribution is 2.27. The van der Waals surface area contributed by atoms with E-state index in [9.17, 15) is 10.1 Å². The molecule has 0 aromatic carbocycles. The van der Waals surface area contributed by atoms with Gasteiger partial charge in [-0.1, -0.05) is 13.8 Å². The lowest BCUT2D eigenvalue weighted by Gasteiger charge is -2.14. The molecule has 0 spiro atoms. The van der Waals surface area contributed by atoms with Gasteiger partial charge in [-0.05, 0) is 20.0 Å². The molecule has 1 N–H and O–H groups in total. The zero-order valence-electron chi connectivity index (χ0n) is 11.4. The van der Waals surface area contributed by atoms with Gasteiger partial charge in [0.1, 0.15) is 5.69 Å². The van der Waals surface area contributed by atoms with E-state index in [2.05, 4.69) is 22.2 Å². The Kier molecular flexibility index (Phi) is 5.08. The van der Waals surface area contributed by atoms with E-state index in [1.807, 2.05) is 14.0 Å². The van der Waals surface area contributed by atoms with Gasteiger partial charge >= 0.3 is 5.69 Å². The molecule has 0 atom stereocenters. The Hall–Kier alpha value is -1.63. The van der Waals surface area contributed by atoms with Crippen molar-refractivity contribution in [2.24, 2.45) is 7.05 Å². The zero-order valence-corrected chi connectivity index (χ0v) is 11.4. The van der Waals surface area contributed by atoms with Crippen molar-refractivity contribution >= 4 is 11.5 Å². The molecule has 7 heteroatoms. The number of nitro groups is 1. The Morgan fingerprint density at radius 2 is 2.17 bits per heavy atom. The standard InChI is InChI=1S/C11H21N5O2/c1-5-9-10(16(17)18)11(15(4)13-9)12-7-8-14(3)6-2/h12H,5-8H2,1-4H3. The summed E-state index contributed by atoms with van der Waals surface area (Å²) in [4.78, 5) is 12.8. The number of rotatable bonds is 7. The summed E-state index contributed by atoms with van der Waals surface area (Å²) in [5, 5.41) is 18.3. The van der Waals surface area contributed by atoms with Crippen molar-refractivity contribution in [2.75, 3.05) is 32.0 Å². The molecule has 1 heterocycles. The Labute approximate surface area is 107 Å². The number of nitrogens with one attached hydrogen (secondary N) is 1. The molecule has 0 aliphatic carbocycles. The topological polar surface area (TPSA) is 76.2 Å². The predicted octanol–water partition coefficient (Wildman–Crippen LogP) is 1.25. The van der Waals surface area contributed by atoms with Gasteiger partial charge in [-0.15, -0.1) is 0 Å². The summed E-state index contributed by atoms with van der Waals surface area (Å²) in [5.41, 5.74) is 0.619. The van der Waals surface area contributed by atoms with Gasteiger partial charge < -0.3 is 10.2 Å². The van der Waals surface area contributed by atoms with Gasteiger partial charge in [0, 0.05) is 20.1 Å². The monoisotopic (exact) mass is 255 g/mol. The van der Waals surface area contributed by atoms with Gasteiger partial charge in [0.05, 0.1) is 4.92 Å². The minimum atomic E-state index is -0.363. The van der Waals surface area contributed by atoms with E-state index in [0.717, 1.165) is 13.1 Å². The molecule has 0 aliphatic rings. The van der Waals surface area contributed by atoms with Crippen molar-refractivity contribution in [1.82, 2.24) is 14.7 Å². The summed E-state index contributed by atoms with van der Waals surface area (Å²) >= 11 is 0. The fraction of sp³-hybridized carbons (Fsp3) is 0.727. The lowest BCUT2D eigenvalue weighted by molar-refractivity contribution is -0.384. The molecule has 1 rings (SSSR count). The second-order valence-electron chi connectivity index (χ2n) is 4.20. The third-order valence-electron chi connectivity index (χ3n) is 2.94. The van der Waals surface area contributed by atoms with E-state index in [4.69, 9.17) is 0 Å². The molecule has 18 heavy (non-hydrogen) atoms. The van der Waals surface area contributed by atoms with Crippen LogP contribution in [0.5, 0.6) is 0 Å². The first-order valence-corrected chi connectivity index (χ1v) is 6.13. The summed E-state index contributed by atoms with van der Waals surface area (Å²) in [6, 6.07) is 0. The van der Waals surface area contributed by atoms with Gasteiger partial charge in [0.15, 0.2) is 0 Å². The van der Waals surface area contributed by atoms with E-state index in [1.54, 1.807) is 11.7 Å². The van der Waals surface area contributed by atoms with Crippen LogP contribution < -0.4 is 5.32 Å². The Balaban J connectivity index is 2.81. The first kappa shape index (κ1) is 14.4. The van der Waals surface area contributed by atoms with E-state index < -0.39 is 0 Å². The number of hydrogen-bond donors (Lipinski definition) is 1. The molecular formula is C11H21N5O2. The summed E-state index contributed by atoms with van der Waals surface area (Å²) in [6.45, 7) is 6.38. The fourth-order valence-corrected chi connectivity index (χ4v) is 1.72. The van der Waals surface area contributed by atoms with E-state index in [0.29, 0.717) is 24.5 Å². The Morgan fingerprint density at radius 3 is 2.67 bits per heavy atom.